The first-order chi connectivity index (χ1) is 10.1. The zero-order valence-corrected chi connectivity index (χ0v) is 13.1. The highest BCUT2D eigenvalue weighted by molar-refractivity contribution is 5.21. The van der Waals surface area contributed by atoms with Gasteiger partial charge in [0.1, 0.15) is 11.6 Å². The van der Waals surface area contributed by atoms with Crippen LogP contribution in [0.5, 0.6) is 0 Å². The molecule has 0 unspecified atom stereocenters. The van der Waals surface area contributed by atoms with Crippen molar-refractivity contribution in [1.29, 1.82) is 0 Å². The van der Waals surface area contributed by atoms with E-state index in [0.717, 1.165) is 42.6 Å². The third kappa shape index (κ3) is 2.49. The summed E-state index contributed by atoms with van der Waals surface area (Å²) in [4.78, 5) is 7.01. The molecule has 0 radical (unpaired) electrons. The number of methoxy groups -OCH3 is 1. The maximum Gasteiger partial charge on any atom is 0.138 e. The minimum Gasteiger partial charge on any atom is -0.378 e. The molecule has 0 spiro atoms. The van der Waals surface area contributed by atoms with Crippen LogP contribution >= 0.6 is 0 Å². The van der Waals surface area contributed by atoms with Crippen molar-refractivity contribution in [1.82, 2.24) is 19.6 Å². The van der Waals surface area contributed by atoms with Crippen molar-refractivity contribution in [2.45, 2.75) is 46.5 Å². The molecule has 0 N–H and O–H groups in total. The van der Waals surface area contributed by atoms with Crippen molar-refractivity contribution in [2.75, 3.05) is 13.7 Å². The summed E-state index contributed by atoms with van der Waals surface area (Å²) in [5, 5.41) is 4.04. The van der Waals surface area contributed by atoms with Crippen LogP contribution in [0.1, 0.15) is 41.5 Å². The number of fused-ring (bicyclic) bond motifs is 1. The van der Waals surface area contributed by atoms with Gasteiger partial charge >= 0.3 is 0 Å². The van der Waals surface area contributed by atoms with Crippen molar-refractivity contribution in [3.63, 3.8) is 0 Å². The highest BCUT2D eigenvalue weighted by Crippen LogP contribution is 2.28. The van der Waals surface area contributed by atoms with Gasteiger partial charge in [0.05, 0.1) is 30.2 Å². The molecular formula is C15H22N4O2. The molecule has 0 fully saturated rings. The fraction of sp³-hybridized carbons (Fsp3) is 0.600. The second-order valence-corrected chi connectivity index (χ2v) is 5.64. The highest BCUT2D eigenvalue weighted by atomic mass is 16.5. The van der Waals surface area contributed by atoms with E-state index in [1.165, 1.54) is 5.56 Å². The molecule has 2 aromatic heterocycles. The Labute approximate surface area is 124 Å². The van der Waals surface area contributed by atoms with E-state index in [9.17, 15) is 0 Å². The third-order valence-electron chi connectivity index (χ3n) is 4.34. The number of rotatable bonds is 4. The van der Waals surface area contributed by atoms with Crippen LogP contribution in [0.15, 0.2) is 10.7 Å². The number of aryl methyl sites for hydroxylation is 2. The minimum atomic E-state index is 0.276. The molecule has 3 heterocycles. The molecule has 1 aliphatic heterocycles. The van der Waals surface area contributed by atoms with Gasteiger partial charge in [-0.25, -0.2) is 4.98 Å². The summed E-state index contributed by atoms with van der Waals surface area (Å²) in [7, 11) is 1.72. The number of aromatic nitrogens is 3. The first-order valence-corrected chi connectivity index (χ1v) is 7.30. The molecule has 3 rings (SSSR count). The van der Waals surface area contributed by atoms with E-state index in [-0.39, 0.29) is 6.04 Å². The smallest absolute Gasteiger partial charge is 0.138 e. The summed E-state index contributed by atoms with van der Waals surface area (Å²) in [6.07, 6.45) is 1.93. The molecule has 114 valence electrons. The number of nitrogens with zero attached hydrogens (tertiary/aromatic N) is 4. The Bertz CT molecular complexity index is 612. The van der Waals surface area contributed by atoms with Crippen molar-refractivity contribution in [3.8, 4) is 0 Å². The van der Waals surface area contributed by atoms with Crippen molar-refractivity contribution < 1.29 is 9.26 Å². The molecule has 0 aromatic carbocycles. The summed E-state index contributed by atoms with van der Waals surface area (Å²) in [6, 6.07) is 0.276. The molecule has 0 saturated heterocycles. The van der Waals surface area contributed by atoms with Gasteiger partial charge in [-0.2, -0.15) is 0 Å². The molecular weight excluding hydrogens is 268 g/mol. The predicted octanol–water partition coefficient (Wildman–Crippen LogP) is 2.21. The van der Waals surface area contributed by atoms with E-state index in [0.29, 0.717) is 6.61 Å². The van der Waals surface area contributed by atoms with E-state index in [2.05, 4.69) is 26.5 Å². The summed E-state index contributed by atoms with van der Waals surface area (Å²) in [5.74, 6) is 2.02. The molecule has 6 heteroatoms. The minimum absolute atomic E-state index is 0.276. The lowest BCUT2D eigenvalue weighted by Crippen LogP contribution is -2.37. The van der Waals surface area contributed by atoms with Crippen LogP contribution < -0.4 is 0 Å². The first-order valence-electron chi connectivity index (χ1n) is 7.30. The highest BCUT2D eigenvalue weighted by Gasteiger charge is 2.28. The zero-order chi connectivity index (χ0) is 15.0. The lowest BCUT2D eigenvalue weighted by atomic mass is 10.1. The lowest BCUT2D eigenvalue weighted by molar-refractivity contribution is 0.143. The summed E-state index contributed by atoms with van der Waals surface area (Å²) >= 11 is 0. The van der Waals surface area contributed by atoms with E-state index in [1.54, 1.807) is 7.11 Å². The molecule has 6 nitrogen and oxygen atoms in total. The number of hydrogen-bond donors (Lipinski definition) is 0. The standard InChI is InChI=1S/C15H22N4O2/c1-10-14(12(3)21-17-10)8-18-5-6-19-13(9-20-4)7-16-15(19)11(18)2/h7,11H,5-6,8-9H2,1-4H3/t11-/m0/s1. The van der Waals surface area contributed by atoms with E-state index < -0.39 is 0 Å². The van der Waals surface area contributed by atoms with Gasteiger partial charge in [0.15, 0.2) is 0 Å². The van der Waals surface area contributed by atoms with Crippen LogP contribution in [-0.2, 0) is 24.4 Å². The van der Waals surface area contributed by atoms with Gasteiger partial charge in [-0.1, -0.05) is 5.16 Å². The second-order valence-electron chi connectivity index (χ2n) is 5.64. The molecule has 2 aromatic rings. The van der Waals surface area contributed by atoms with E-state index in [1.807, 2.05) is 20.0 Å². The molecule has 0 aliphatic carbocycles. The molecule has 0 saturated carbocycles. The van der Waals surface area contributed by atoms with Gasteiger partial charge < -0.3 is 13.8 Å². The Morgan fingerprint density at radius 2 is 2.19 bits per heavy atom. The van der Waals surface area contributed by atoms with E-state index in [4.69, 9.17) is 9.26 Å². The zero-order valence-electron chi connectivity index (χ0n) is 13.1. The number of hydrogen-bond acceptors (Lipinski definition) is 5. The quantitative estimate of drug-likeness (QED) is 0.864. The second kappa shape index (κ2) is 5.61. The van der Waals surface area contributed by atoms with Crippen LogP contribution in [0.3, 0.4) is 0 Å². The van der Waals surface area contributed by atoms with Crippen LogP contribution in [0, 0.1) is 13.8 Å². The predicted molar refractivity (Wildman–Crippen MR) is 77.7 cm³/mol. The maximum absolute atomic E-state index is 5.26. The molecule has 1 atom stereocenters. The van der Waals surface area contributed by atoms with Crippen molar-refractivity contribution in [3.05, 3.63) is 34.7 Å². The van der Waals surface area contributed by atoms with Crippen LogP contribution in [0.2, 0.25) is 0 Å². The van der Waals surface area contributed by atoms with Crippen molar-refractivity contribution >= 4 is 0 Å². The van der Waals surface area contributed by atoms with Gasteiger partial charge in [0.2, 0.25) is 0 Å². The Morgan fingerprint density at radius 1 is 1.38 bits per heavy atom. The Morgan fingerprint density at radius 3 is 2.86 bits per heavy atom. The monoisotopic (exact) mass is 290 g/mol. The summed E-state index contributed by atoms with van der Waals surface area (Å²) in [5.41, 5.74) is 3.32. The van der Waals surface area contributed by atoms with Gasteiger partial charge in [0, 0.05) is 32.3 Å². The van der Waals surface area contributed by atoms with Gasteiger partial charge in [-0.3, -0.25) is 4.90 Å². The first kappa shape index (κ1) is 14.3. The fourth-order valence-corrected chi connectivity index (χ4v) is 3.01. The molecule has 21 heavy (non-hydrogen) atoms. The van der Waals surface area contributed by atoms with Crippen LogP contribution in [-0.4, -0.2) is 33.3 Å². The van der Waals surface area contributed by atoms with Gasteiger partial charge in [-0.05, 0) is 20.8 Å². The summed E-state index contributed by atoms with van der Waals surface area (Å²) in [6.45, 7) is 9.58. The molecule has 0 bridgehead atoms. The maximum atomic E-state index is 5.26. The van der Waals surface area contributed by atoms with Gasteiger partial charge in [-0.15, -0.1) is 0 Å². The normalized spacial score (nSPS) is 19.0. The topological polar surface area (TPSA) is 56.3 Å². The lowest BCUT2D eigenvalue weighted by Gasteiger charge is -2.34. The number of imidazole rings is 1. The van der Waals surface area contributed by atoms with E-state index >= 15 is 0 Å². The largest absolute Gasteiger partial charge is 0.378 e. The van der Waals surface area contributed by atoms with Gasteiger partial charge in [0.25, 0.3) is 0 Å². The third-order valence-corrected chi connectivity index (χ3v) is 4.34. The number of ether oxygens (including phenoxy) is 1. The Balaban J connectivity index is 1.81. The van der Waals surface area contributed by atoms with Crippen LogP contribution in [0.25, 0.3) is 0 Å². The average molecular weight is 290 g/mol. The van der Waals surface area contributed by atoms with Crippen molar-refractivity contribution in [2.24, 2.45) is 0 Å². The fourth-order valence-electron chi connectivity index (χ4n) is 3.01. The Hall–Kier alpha value is -1.66. The average Bonchev–Trinajstić information content (AvgIpc) is 3.01. The molecule has 0 amide bonds. The SMILES string of the molecule is COCc1cnc2n1CCN(Cc1c(C)noc1C)[C@H]2C. The Kier molecular flexibility index (Phi) is 3.82. The summed E-state index contributed by atoms with van der Waals surface area (Å²) < 4.78 is 12.8. The molecule has 1 aliphatic rings. The van der Waals surface area contributed by atoms with Crippen LogP contribution in [0.4, 0.5) is 0 Å².